The quantitative estimate of drug-likeness (QED) is 0.0361. The molecule has 0 spiro atoms. The minimum Gasteiger partial charge on any atom is -0.507 e. The Hall–Kier alpha value is -5.11. The molecule has 0 unspecified atom stereocenters. The predicted octanol–water partition coefficient (Wildman–Crippen LogP) is 13.0. The summed E-state index contributed by atoms with van der Waals surface area (Å²) in [4.78, 5) is 38.7. The van der Waals surface area contributed by atoms with Gasteiger partial charge in [-0.25, -0.2) is 4.79 Å². The van der Waals surface area contributed by atoms with Crippen LogP contribution < -0.4 is 18.9 Å². The summed E-state index contributed by atoms with van der Waals surface area (Å²) in [6.45, 7) is 5.27. The summed E-state index contributed by atoms with van der Waals surface area (Å²) < 4.78 is 23.3. The zero-order valence-electron chi connectivity index (χ0n) is 36.4. The topological polar surface area (TPSA) is 108 Å². The summed E-state index contributed by atoms with van der Waals surface area (Å²) >= 11 is 0. The van der Waals surface area contributed by atoms with Crippen molar-refractivity contribution in [2.24, 2.45) is 23.7 Å². The van der Waals surface area contributed by atoms with Crippen molar-refractivity contribution < 1.29 is 38.4 Å². The highest BCUT2D eigenvalue weighted by Gasteiger charge is 2.33. The lowest BCUT2D eigenvalue weighted by Crippen LogP contribution is -2.30. The molecule has 61 heavy (non-hydrogen) atoms. The Kier molecular flexibility index (Phi) is 17.7. The second-order valence-electron chi connectivity index (χ2n) is 17.3. The molecule has 4 aromatic carbocycles. The van der Waals surface area contributed by atoms with Crippen molar-refractivity contribution in [2.75, 3.05) is 13.2 Å². The Morgan fingerprint density at radius 3 is 1.84 bits per heavy atom. The first-order valence-corrected chi connectivity index (χ1v) is 23.1. The van der Waals surface area contributed by atoms with Crippen LogP contribution in [0.4, 0.5) is 0 Å². The Morgan fingerprint density at radius 2 is 1.20 bits per heavy atom. The monoisotopic (exact) mass is 830 g/mol. The number of ketones is 1. The molecule has 4 aromatic rings. The SMILES string of the molecule is CCCCCC1CCC(C2CCC(C(=O)Oc3ccc(OC(=O)c4ccc(OCCCCCCCCOc5ccc(C(=O)c6ccccc6)c(O)c5)cc4)c(C)c3)CC2)CC1. The Bertz CT molecular complexity index is 1970. The van der Waals surface area contributed by atoms with Gasteiger partial charge in [0.2, 0.25) is 0 Å². The number of esters is 2. The zero-order valence-corrected chi connectivity index (χ0v) is 36.4. The van der Waals surface area contributed by atoms with Crippen LogP contribution in [-0.4, -0.2) is 36.0 Å². The number of aromatic hydroxyl groups is 1. The zero-order chi connectivity index (χ0) is 42.8. The van der Waals surface area contributed by atoms with Crippen molar-refractivity contribution in [3.8, 4) is 28.7 Å². The van der Waals surface area contributed by atoms with E-state index in [2.05, 4.69) is 6.92 Å². The minimum atomic E-state index is -0.460. The molecule has 0 atom stereocenters. The summed E-state index contributed by atoms with van der Waals surface area (Å²) in [5.41, 5.74) is 1.94. The summed E-state index contributed by atoms with van der Waals surface area (Å²) in [7, 11) is 0. The third kappa shape index (κ3) is 14.0. The smallest absolute Gasteiger partial charge is 0.343 e. The minimum absolute atomic E-state index is 0.0509. The summed E-state index contributed by atoms with van der Waals surface area (Å²) in [5.74, 6) is 3.72. The maximum atomic E-state index is 13.1. The Labute approximate surface area is 363 Å². The van der Waals surface area contributed by atoms with Crippen LogP contribution in [0.2, 0.25) is 0 Å². The van der Waals surface area contributed by atoms with Gasteiger partial charge in [0.25, 0.3) is 0 Å². The van der Waals surface area contributed by atoms with Gasteiger partial charge < -0.3 is 24.1 Å². The van der Waals surface area contributed by atoms with Gasteiger partial charge in [0.1, 0.15) is 28.7 Å². The van der Waals surface area contributed by atoms with Crippen LogP contribution in [0.25, 0.3) is 0 Å². The molecule has 6 rings (SSSR count). The first-order chi connectivity index (χ1) is 29.8. The van der Waals surface area contributed by atoms with E-state index in [1.165, 1.54) is 57.4 Å². The highest BCUT2D eigenvalue weighted by Crippen LogP contribution is 2.43. The van der Waals surface area contributed by atoms with Crippen LogP contribution in [0.3, 0.4) is 0 Å². The van der Waals surface area contributed by atoms with Gasteiger partial charge in [-0.15, -0.1) is 0 Å². The highest BCUT2D eigenvalue weighted by molar-refractivity contribution is 6.10. The van der Waals surface area contributed by atoms with Crippen LogP contribution >= 0.6 is 0 Å². The standard InChI is InChI=1S/C53H66O8/c1-3-4-10-15-39-18-20-40(21-19-39)41-22-24-43(25-23-41)52(56)60-47-31-33-50(38(2)36-47)61-53(57)44-26-28-45(29-27-44)58-34-13-7-5-6-8-14-35-59-46-30-32-48(49(54)37-46)51(55)42-16-11-9-12-17-42/h9,11-12,16-17,26-33,36-37,39-41,43,54H,3-8,10,13-15,18-25,34-35H2,1-2H3. The summed E-state index contributed by atoms with van der Waals surface area (Å²) in [6, 6.07) is 25.9. The molecule has 0 saturated heterocycles. The maximum Gasteiger partial charge on any atom is 0.343 e. The van der Waals surface area contributed by atoms with E-state index in [9.17, 15) is 19.5 Å². The van der Waals surface area contributed by atoms with Gasteiger partial charge in [-0.3, -0.25) is 9.59 Å². The fourth-order valence-electron chi connectivity index (χ4n) is 9.13. The molecule has 2 fully saturated rings. The number of hydrogen-bond acceptors (Lipinski definition) is 8. The number of benzene rings is 4. The third-order valence-electron chi connectivity index (χ3n) is 12.9. The fourth-order valence-corrected chi connectivity index (χ4v) is 9.13. The van der Waals surface area contributed by atoms with E-state index in [0.717, 1.165) is 87.5 Å². The fraction of sp³-hybridized carbons (Fsp3) is 0.491. The molecule has 1 N–H and O–H groups in total. The number of unbranched alkanes of at least 4 members (excludes halogenated alkanes) is 7. The Balaban J connectivity index is 0.808. The van der Waals surface area contributed by atoms with E-state index in [4.69, 9.17) is 18.9 Å². The molecule has 0 heterocycles. The predicted molar refractivity (Wildman–Crippen MR) is 240 cm³/mol. The molecule has 2 aliphatic carbocycles. The van der Waals surface area contributed by atoms with Gasteiger partial charge in [0.05, 0.1) is 30.3 Å². The summed E-state index contributed by atoms with van der Waals surface area (Å²) in [6.07, 6.45) is 21.1. The maximum absolute atomic E-state index is 13.1. The molecular formula is C53H66O8. The first kappa shape index (κ1) is 45.4. The summed E-state index contributed by atoms with van der Waals surface area (Å²) in [5, 5.41) is 10.4. The van der Waals surface area contributed by atoms with Crippen LogP contribution in [-0.2, 0) is 4.79 Å². The van der Waals surface area contributed by atoms with Crippen LogP contribution in [0, 0.1) is 30.6 Å². The number of phenols is 1. The van der Waals surface area contributed by atoms with Crippen molar-refractivity contribution >= 4 is 17.7 Å². The molecule has 0 aliphatic heterocycles. The number of phenolic OH excluding ortho intramolecular Hbond substituents is 1. The highest BCUT2D eigenvalue weighted by atomic mass is 16.5. The number of carbonyl (C=O) groups excluding carboxylic acids is 3. The first-order valence-electron chi connectivity index (χ1n) is 23.1. The van der Waals surface area contributed by atoms with Crippen LogP contribution in [0.1, 0.15) is 154 Å². The third-order valence-corrected chi connectivity index (χ3v) is 12.9. The van der Waals surface area contributed by atoms with Gasteiger partial charge >= 0.3 is 11.9 Å². The van der Waals surface area contributed by atoms with Crippen LogP contribution in [0.15, 0.2) is 91.0 Å². The lowest BCUT2D eigenvalue weighted by molar-refractivity contribution is -0.140. The van der Waals surface area contributed by atoms with Crippen molar-refractivity contribution in [3.05, 3.63) is 113 Å². The number of aryl methyl sites for hydroxylation is 1. The average molecular weight is 831 g/mol. The van der Waals surface area contributed by atoms with Crippen molar-refractivity contribution in [1.82, 2.24) is 0 Å². The van der Waals surface area contributed by atoms with Crippen molar-refractivity contribution in [1.29, 1.82) is 0 Å². The van der Waals surface area contributed by atoms with Gasteiger partial charge in [0.15, 0.2) is 5.78 Å². The second kappa shape index (κ2) is 23.8. The average Bonchev–Trinajstić information content (AvgIpc) is 3.28. The van der Waals surface area contributed by atoms with Crippen LogP contribution in [0.5, 0.6) is 28.7 Å². The number of ether oxygens (including phenoxy) is 4. The lowest BCUT2D eigenvalue weighted by Gasteiger charge is -2.37. The number of hydrogen-bond donors (Lipinski definition) is 1. The van der Waals surface area contributed by atoms with Gasteiger partial charge in [-0.1, -0.05) is 101 Å². The molecule has 8 heteroatoms. The van der Waals surface area contributed by atoms with Gasteiger partial charge in [-0.05, 0) is 136 Å². The number of rotatable bonds is 22. The van der Waals surface area contributed by atoms with E-state index in [1.54, 1.807) is 78.9 Å². The van der Waals surface area contributed by atoms with E-state index in [1.807, 2.05) is 13.0 Å². The molecule has 8 nitrogen and oxygen atoms in total. The molecule has 0 aromatic heterocycles. The van der Waals surface area contributed by atoms with E-state index >= 15 is 0 Å². The normalized spacial score (nSPS) is 18.9. The molecule has 0 radical (unpaired) electrons. The molecule has 326 valence electrons. The molecular weight excluding hydrogens is 765 g/mol. The Morgan fingerprint density at radius 1 is 0.590 bits per heavy atom. The number of carbonyl (C=O) groups is 3. The van der Waals surface area contributed by atoms with Crippen molar-refractivity contribution in [3.63, 3.8) is 0 Å². The molecule has 0 bridgehead atoms. The molecule has 2 aliphatic rings. The van der Waals surface area contributed by atoms with Crippen molar-refractivity contribution in [2.45, 2.75) is 129 Å². The van der Waals surface area contributed by atoms with E-state index < -0.39 is 5.97 Å². The van der Waals surface area contributed by atoms with Gasteiger partial charge in [-0.2, -0.15) is 0 Å². The van der Waals surface area contributed by atoms with Gasteiger partial charge in [0, 0.05) is 11.6 Å². The van der Waals surface area contributed by atoms with E-state index in [-0.39, 0.29) is 29.0 Å². The lowest BCUT2D eigenvalue weighted by atomic mass is 9.68. The second-order valence-corrected chi connectivity index (χ2v) is 17.3. The largest absolute Gasteiger partial charge is 0.507 e. The molecule has 0 amide bonds. The molecule has 2 saturated carbocycles. The van der Waals surface area contributed by atoms with E-state index in [0.29, 0.717) is 47.3 Å².